The van der Waals surface area contributed by atoms with Crippen LogP contribution in [0.15, 0.2) is 30.5 Å². The Hall–Kier alpha value is -1.61. The molecule has 0 aliphatic heterocycles. The summed E-state index contributed by atoms with van der Waals surface area (Å²) in [6.45, 7) is 1.06. The van der Waals surface area contributed by atoms with Crippen molar-refractivity contribution in [3.8, 4) is 0 Å². The number of aromatic nitrogens is 1. The molecule has 0 aliphatic carbocycles. The largest absolute Gasteiger partial charge is 0.396 e. The SMILES string of the molecule is O=Cc1cn(CCCCO)c2ccccc12. The summed E-state index contributed by atoms with van der Waals surface area (Å²) in [5.74, 6) is 0. The topological polar surface area (TPSA) is 42.2 Å². The van der Waals surface area contributed by atoms with Crippen LogP contribution >= 0.6 is 0 Å². The van der Waals surface area contributed by atoms with E-state index in [1.54, 1.807) is 0 Å². The molecule has 0 aliphatic rings. The van der Waals surface area contributed by atoms with Crippen molar-refractivity contribution in [3.63, 3.8) is 0 Å². The van der Waals surface area contributed by atoms with Gasteiger partial charge in [-0.2, -0.15) is 0 Å². The Morgan fingerprint density at radius 3 is 2.81 bits per heavy atom. The molecule has 1 heterocycles. The predicted octanol–water partition coefficient (Wildman–Crippen LogP) is 2.23. The van der Waals surface area contributed by atoms with Crippen LogP contribution in [0.25, 0.3) is 10.9 Å². The number of aryl methyl sites for hydroxylation is 1. The molecule has 2 rings (SSSR count). The van der Waals surface area contributed by atoms with Crippen molar-refractivity contribution in [1.29, 1.82) is 0 Å². The molecule has 0 saturated carbocycles. The molecule has 0 fully saturated rings. The van der Waals surface area contributed by atoms with Crippen molar-refractivity contribution >= 4 is 17.2 Å². The highest BCUT2D eigenvalue weighted by Crippen LogP contribution is 2.20. The van der Waals surface area contributed by atoms with E-state index in [-0.39, 0.29) is 6.61 Å². The van der Waals surface area contributed by atoms with E-state index < -0.39 is 0 Å². The number of benzene rings is 1. The molecule has 0 saturated heterocycles. The number of hydrogen-bond acceptors (Lipinski definition) is 2. The third-order valence-corrected chi connectivity index (χ3v) is 2.75. The van der Waals surface area contributed by atoms with Gasteiger partial charge in [-0.1, -0.05) is 18.2 Å². The molecule has 16 heavy (non-hydrogen) atoms. The first-order valence-electron chi connectivity index (χ1n) is 5.50. The van der Waals surface area contributed by atoms with Gasteiger partial charge >= 0.3 is 0 Å². The zero-order valence-electron chi connectivity index (χ0n) is 9.10. The molecule has 1 N–H and O–H groups in total. The van der Waals surface area contributed by atoms with E-state index in [2.05, 4.69) is 4.57 Å². The van der Waals surface area contributed by atoms with Crippen LogP contribution < -0.4 is 0 Å². The lowest BCUT2D eigenvalue weighted by Crippen LogP contribution is -1.97. The second kappa shape index (κ2) is 4.94. The minimum Gasteiger partial charge on any atom is -0.396 e. The molecule has 2 aromatic rings. The maximum absolute atomic E-state index is 10.9. The summed E-state index contributed by atoms with van der Waals surface area (Å²) in [6.07, 6.45) is 4.50. The molecule has 0 spiro atoms. The van der Waals surface area contributed by atoms with Gasteiger partial charge in [0.25, 0.3) is 0 Å². The fraction of sp³-hybridized carbons (Fsp3) is 0.308. The minimum absolute atomic E-state index is 0.222. The Morgan fingerprint density at radius 2 is 2.06 bits per heavy atom. The van der Waals surface area contributed by atoms with Gasteiger partial charge in [0.2, 0.25) is 0 Å². The highest BCUT2D eigenvalue weighted by atomic mass is 16.2. The van der Waals surface area contributed by atoms with Crippen LogP contribution in [0, 0.1) is 0 Å². The molecule has 84 valence electrons. The maximum atomic E-state index is 10.9. The standard InChI is InChI=1S/C13H15NO2/c15-8-4-3-7-14-9-11(10-16)12-5-1-2-6-13(12)14/h1-2,5-6,9-10,15H,3-4,7-8H2. The molecule has 1 aromatic carbocycles. The lowest BCUT2D eigenvalue weighted by atomic mass is 10.2. The summed E-state index contributed by atoms with van der Waals surface area (Å²) in [4.78, 5) is 10.9. The van der Waals surface area contributed by atoms with Gasteiger partial charge in [-0.05, 0) is 18.9 Å². The Morgan fingerprint density at radius 1 is 1.25 bits per heavy atom. The van der Waals surface area contributed by atoms with E-state index in [1.807, 2.05) is 30.5 Å². The van der Waals surface area contributed by atoms with Gasteiger partial charge in [-0.3, -0.25) is 4.79 Å². The summed E-state index contributed by atoms with van der Waals surface area (Å²) in [5.41, 5.74) is 1.82. The van der Waals surface area contributed by atoms with Gasteiger partial charge in [-0.15, -0.1) is 0 Å². The number of aliphatic hydroxyl groups is 1. The summed E-state index contributed by atoms with van der Waals surface area (Å²) in [5, 5.41) is 9.74. The van der Waals surface area contributed by atoms with Crippen LogP contribution in [0.1, 0.15) is 23.2 Å². The Kier molecular flexibility index (Phi) is 3.37. The van der Waals surface area contributed by atoms with Crippen LogP contribution in [-0.4, -0.2) is 22.6 Å². The quantitative estimate of drug-likeness (QED) is 0.616. The Bertz CT molecular complexity index is 488. The normalized spacial score (nSPS) is 10.8. The fourth-order valence-electron chi connectivity index (χ4n) is 1.95. The van der Waals surface area contributed by atoms with Crippen molar-refractivity contribution < 1.29 is 9.90 Å². The van der Waals surface area contributed by atoms with Gasteiger partial charge in [0.1, 0.15) is 0 Å². The summed E-state index contributed by atoms with van der Waals surface area (Å²) < 4.78 is 2.08. The average Bonchev–Trinajstić information content (AvgIpc) is 2.68. The number of carbonyl (C=O) groups excluding carboxylic acids is 1. The first-order valence-corrected chi connectivity index (χ1v) is 5.50. The summed E-state index contributed by atoms with van der Waals surface area (Å²) >= 11 is 0. The number of carbonyl (C=O) groups is 1. The second-order valence-electron chi connectivity index (χ2n) is 3.84. The molecule has 0 atom stereocenters. The first-order chi connectivity index (χ1) is 7.86. The second-order valence-corrected chi connectivity index (χ2v) is 3.84. The number of aliphatic hydroxyl groups excluding tert-OH is 1. The maximum Gasteiger partial charge on any atom is 0.152 e. The van der Waals surface area contributed by atoms with Gasteiger partial charge in [0.15, 0.2) is 6.29 Å². The average molecular weight is 217 g/mol. The third-order valence-electron chi connectivity index (χ3n) is 2.75. The Balaban J connectivity index is 2.33. The molecule has 3 nitrogen and oxygen atoms in total. The molecule has 3 heteroatoms. The number of fused-ring (bicyclic) bond motifs is 1. The molecule has 0 unspecified atom stereocenters. The number of aldehydes is 1. The van der Waals surface area contributed by atoms with Crippen molar-refractivity contribution in [1.82, 2.24) is 4.57 Å². The number of rotatable bonds is 5. The number of nitrogens with zero attached hydrogens (tertiary/aromatic N) is 1. The van der Waals surface area contributed by atoms with Crippen molar-refractivity contribution in [3.05, 3.63) is 36.0 Å². The summed E-state index contributed by atoms with van der Waals surface area (Å²) in [7, 11) is 0. The molecule has 1 aromatic heterocycles. The molecule has 0 amide bonds. The van der Waals surface area contributed by atoms with Crippen LogP contribution in [0.2, 0.25) is 0 Å². The first kappa shape index (κ1) is 10.9. The zero-order valence-corrected chi connectivity index (χ0v) is 9.10. The van der Waals surface area contributed by atoms with Gasteiger partial charge < -0.3 is 9.67 Å². The summed E-state index contributed by atoms with van der Waals surface area (Å²) in [6, 6.07) is 7.88. The molecule has 0 radical (unpaired) electrons. The minimum atomic E-state index is 0.222. The number of hydrogen-bond donors (Lipinski definition) is 1. The van der Waals surface area contributed by atoms with E-state index >= 15 is 0 Å². The molecule has 0 bridgehead atoms. The molecular weight excluding hydrogens is 202 g/mol. The Labute approximate surface area is 94.3 Å². The number of para-hydroxylation sites is 1. The van der Waals surface area contributed by atoms with E-state index in [9.17, 15) is 4.79 Å². The third kappa shape index (κ3) is 1.99. The fourth-order valence-corrected chi connectivity index (χ4v) is 1.95. The van der Waals surface area contributed by atoms with E-state index in [0.717, 1.165) is 42.1 Å². The van der Waals surface area contributed by atoms with Crippen molar-refractivity contribution in [2.24, 2.45) is 0 Å². The lowest BCUT2D eigenvalue weighted by Gasteiger charge is -2.03. The van der Waals surface area contributed by atoms with Crippen LogP contribution in [0.3, 0.4) is 0 Å². The van der Waals surface area contributed by atoms with Crippen LogP contribution in [0.5, 0.6) is 0 Å². The monoisotopic (exact) mass is 217 g/mol. The van der Waals surface area contributed by atoms with E-state index in [4.69, 9.17) is 5.11 Å². The van der Waals surface area contributed by atoms with Gasteiger partial charge in [-0.25, -0.2) is 0 Å². The predicted molar refractivity (Wildman–Crippen MR) is 63.6 cm³/mol. The van der Waals surface area contributed by atoms with Crippen LogP contribution in [-0.2, 0) is 6.54 Å². The lowest BCUT2D eigenvalue weighted by molar-refractivity contribution is 0.112. The van der Waals surface area contributed by atoms with Gasteiger partial charge in [0, 0.05) is 35.8 Å². The number of unbranched alkanes of at least 4 members (excludes halogenated alkanes) is 1. The van der Waals surface area contributed by atoms with E-state index in [1.165, 1.54) is 0 Å². The smallest absolute Gasteiger partial charge is 0.152 e. The highest BCUT2D eigenvalue weighted by Gasteiger charge is 2.06. The van der Waals surface area contributed by atoms with Crippen molar-refractivity contribution in [2.75, 3.05) is 6.61 Å². The zero-order chi connectivity index (χ0) is 11.4. The highest BCUT2D eigenvalue weighted by molar-refractivity contribution is 5.97. The van der Waals surface area contributed by atoms with E-state index in [0.29, 0.717) is 0 Å². The molecular formula is C13H15NO2. The van der Waals surface area contributed by atoms with Crippen LogP contribution in [0.4, 0.5) is 0 Å². The van der Waals surface area contributed by atoms with Gasteiger partial charge in [0.05, 0.1) is 0 Å². The van der Waals surface area contributed by atoms with Crippen molar-refractivity contribution in [2.45, 2.75) is 19.4 Å².